The predicted molar refractivity (Wildman–Crippen MR) is 72.4 cm³/mol. The van der Waals surface area contributed by atoms with Crippen LogP contribution >= 0.6 is 12.2 Å². The lowest BCUT2D eigenvalue weighted by Crippen LogP contribution is -2.56. The summed E-state index contributed by atoms with van der Waals surface area (Å²) in [5, 5.41) is 8.63. The third kappa shape index (κ3) is 2.92. The Morgan fingerprint density at radius 2 is 2.11 bits per heavy atom. The molecule has 0 radical (unpaired) electrons. The second kappa shape index (κ2) is 5.72. The van der Waals surface area contributed by atoms with Crippen LogP contribution in [0.5, 0.6) is 0 Å². The van der Waals surface area contributed by atoms with Gasteiger partial charge in [-0.2, -0.15) is 5.10 Å². The van der Waals surface area contributed by atoms with E-state index < -0.39 is 11.4 Å². The summed E-state index contributed by atoms with van der Waals surface area (Å²) in [5.41, 5.74) is 4.72. The summed E-state index contributed by atoms with van der Waals surface area (Å²) in [4.78, 5) is 23.1. The zero-order valence-corrected chi connectivity index (χ0v) is 11.1. The Morgan fingerprint density at radius 1 is 1.50 bits per heavy atom. The van der Waals surface area contributed by atoms with Crippen LogP contribution in [0.3, 0.4) is 0 Å². The second-order valence-electron chi connectivity index (χ2n) is 3.91. The lowest BCUT2D eigenvalue weighted by atomic mass is 9.92. The van der Waals surface area contributed by atoms with Gasteiger partial charge in [0.1, 0.15) is 5.69 Å². The van der Waals surface area contributed by atoms with Crippen molar-refractivity contribution in [2.75, 3.05) is 0 Å². The summed E-state index contributed by atoms with van der Waals surface area (Å²) >= 11 is 5.00. The Morgan fingerprint density at radius 3 is 2.50 bits per heavy atom. The van der Waals surface area contributed by atoms with Crippen molar-refractivity contribution in [3.05, 3.63) is 28.2 Å². The lowest BCUT2D eigenvalue weighted by Gasteiger charge is -2.31. The number of nitrogens with one attached hydrogen (secondary N) is 2. The van der Waals surface area contributed by atoms with Crippen LogP contribution in [0.4, 0.5) is 0 Å². The number of nitrogens with two attached hydrogens (primary N) is 1. The fraction of sp³-hybridized carbons (Fsp3) is 0.455. The van der Waals surface area contributed by atoms with E-state index in [4.69, 9.17) is 18.0 Å². The van der Waals surface area contributed by atoms with Crippen LogP contribution in [-0.4, -0.2) is 26.6 Å². The molecule has 0 aliphatic heterocycles. The highest BCUT2D eigenvalue weighted by atomic mass is 32.1. The number of aromatic nitrogens is 2. The maximum absolute atomic E-state index is 12.0. The summed E-state index contributed by atoms with van der Waals surface area (Å²) in [6.45, 7) is 3.78. The minimum absolute atomic E-state index is 0.122. The Labute approximate surface area is 110 Å². The van der Waals surface area contributed by atoms with Crippen molar-refractivity contribution in [2.24, 2.45) is 5.73 Å². The average molecular weight is 268 g/mol. The maximum atomic E-state index is 12.0. The van der Waals surface area contributed by atoms with Gasteiger partial charge in [-0.1, -0.05) is 26.1 Å². The largest absolute Gasteiger partial charge is 0.391 e. The van der Waals surface area contributed by atoms with Crippen molar-refractivity contribution in [2.45, 2.75) is 32.2 Å². The molecule has 6 nitrogen and oxygen atoms in total. The highest BCUT2D eigenvalue weighted by Crippen LogP contribution is 2.16. The van der Waals surface area contributed by atoms with Gasteiger partial charge in [-0.3, -0.25) is 9.59 Å². The third-order valence-electron chi connectivity index (χ3n) is 2.94. The first-order chi connectivity index (χ1) is 8.45. The number of carbonyl (C=O) groups excluding carboxylic acids is 1. The number of amides is 1. The van der Waals surface area contributed by atoms with Crippen molar-refractivity contribution < 1.29 is 4.79 Å². The number of hydrogen-bond donors (Lipinski definition) is 3. The third-order valence-corrected chi connectivity index (χ3v) is 3.33. The molecule has 0 saturated heterocycles. The average Bonchev–Trinajstić information content (AvgIpc) is 2.36. The summed E-state index contributed by atoms with van der Waals surface area (Å²) < 4.78 is 0. The predicted octanol–water partition coefficient (Wildman–Crippen LogP) is 0.345. The molecule has 0 aromatic carbocycles. The molecule has 0 aliphatic rings. The number of rotatable bonds is 5. The van der Waals surface area contributed by atoms with Crippen LogP contribution in [0.15, 0.2) is 16.9 Å². The fourth-order valence-electron chi connectivity index (χ4n) is 1.59. The molecule has 0 aliphatic carbocycles. The number of hydrogen-bond acceptors (Lipinski definition) is 4. The van der Waals surface area contributed by atoms with Gasteiger partial charge in [-0.15, -0.1) is 0 Å². The summed E-state index contributed by atoms with van der Waals surface area (Å²) in [6, 6.07) is 2.59. The van der Waals surface area contributed by atoms with Gasteiger partial charge in [-0.05, 0) is 18.9 Å². The Balaban J connectivity index is 2.95. The van der Waals surface area contributed by atoms with E-state index in [0.717, 1.165) is 0 Å². The Hall–Kier alpha value is -1.76. The number of aromatic amines is 1. The normalized spacial score (nSPS) is 11.0. The molecule has 0 unspecified atom stereocenters. The van der Waals surface area contributed by atoms with Crippen LogP contribution in [0, 0.1) is 0 Å². The van der Waals surface area contributed by atoms with Crippen molar-refractivity contribution in [1.82, 2.24) is 15.5 Å². The molecule has 0 spiro atoms. The molecule has 98 valence electrons. The van der Waals surface area contributed by atoms with Crippen molar-refractivity contribution in [1.29, 1.82) is 0 Å². The summed E-state index contributed by atoms with van der Waals surface area (Å²) in [5.74, 6) is -0.414. The minimum atomic E-state index is -0.718. The minimum Gasteiger partial charge on any atom is -0.391 e. The van der Waals surface area contributed by atoms with E-state index in [2.05, 4.69) is 15.5 Å². The zero-order chi connectivity index (χ0) is 13.8. The van der Waals surface area contributed by atoms with Gasteiger partial charge in [0.25, 0.3) is 11.5 Å². The molecular weight excluding hydrogens is 252 g/mol. The molecule has 7 heteroatoms. The van der Waals surface area contributed by atoms with Crippen molar-refractivity contribution >= 4 is 23.1 Å². The lowest BCUT2D eigenvalue weighted by molar-refractivity contribution is 0.0913. The van der Waals surface area contributed by atoms with Gasteiger partial charge >= 0.3 is 0 Å². The van der Waals surface area contributed by atoms with E-state index in [-0.39, 0.29) is 16.2 Å². The zero-order valence-electron chi connectivity index (χ0n) is 10.3. The van der Waals surface area contributed by atoms with Gasteiger partial charge in [0.15, 0.2) is 0 Å². The van der Waals surface area contributed by atoms with Gasteiger partial charge < -0.3 is 11.1 Å². The molecule has 0 atom stereocenters. The van der Waals surface area contributed by atoms with Gasteiger partial charge in [0.05, 0.1) is 10.5 Å². The van der Waals surface area contributed by atoms with E-state index in [0.29, 0.717) is 12.8 Å². The molecule has 0 saturated carbocycles. The van der Waals surface area contributed by atoms with E-state index in [9.17, 15) is 9.59 Å². The maximum Gasteiger partial charge on any atom is 0.272 e. The number of nitrogens with zero attached hydrogens (tertiary/aromatic N) is 1. The first-order valence-electron chi connectivity index (χ1n) is 5.63. The number of carbonyl (C=O) groups is 1. The quantitative estimate of drug-likeness (QED) is 0.669. The molecule has 1 aromatic rings. The summed E-state index contributed by atoms with van der Waals surface area (Å²) in [7, 11) is 0. The fourth-order valence-corrected chi connectivity index (χ4v) is 1.93. The van der Waals surface area contributed by atoms with Gasteiger partial charge in [-0.25, -0.2) is 5.10 Å². The molecule has 0 bridgehead atoms. The highest BCUT2D eigenvalue weighted by Gasteiger charge is 2.32. The number of H-pyrrole nitrogens is 1. The first-order valence-corrected chi connectivity index (χ1v) is 6.04. The van der Waals surface area contributed by atoms with Gasteiger partial charge in [0.2, 0.25) is 0 Å². The molecule has 18 heavy (non-hydrogen) atoms. The number of thiocarbonyl (C=S) groups is 1. The Kier molecular flexibility index (Phi) is 4.55. The van der Waals surface area contributed by atoms with Gasteiger partial charge in [0, 0.05) is 6.07 Å². The smallest absolute Gasteiger partial charge is 0.272 e. The van der Waals surface area contributed by atoms with Crippen LogP contribution in [0.25, 0.3) is 0 Å². The highest BCUT2D eigenvalue weighted by molar-refractivity contribution is 7.80. The molecule has 0 fully saturated rings. The monoisotopic (exact) mass is 268 g/mol. The van der Waals surface area contributed by atoms with Crippen molar-refractivity contribution in [3.8, 4) is 0 Å². The van der Waals surface area contributed by atoms with E-state index in [1.165, 1.54) is 12.1 Å². The SMILES string of the molecule is CCC(CC)(NC(=O)c1ccc(=O)[nH]n1)C(N)=S. The Bertz CT molecular complexity index is 488. The first kappa shape index (κ1) is 14.3. The van der Waals surface area contributed by atoms with Crippen LogP contribution in [0.1, 0.15) is 37.2 Å². The molecule has 4 N–H and O–H groups in total. The molecule has 1 rings (SSSR count). The molecular formula is C11H16N4O2S. The van der Waals surface area contributed by atoms with E-state index in [1.807, 2.05) is 13.8 Å². The molecule has 1 aromatic heterocycles. The molecule has 1 heterocycles. The molecule has 1 amide bonds. The van der Waals surface area contributed by atoms with Crippen LogP contribution in [-0.2, 0) is 0 Å². The van der Waals surface area contributed by atoms with E-state index in [1.54, 1.807) is 0 Å². The van der Waals surface area contributed by atoms with Crippen molar-refractivity contribution in [3.63, 3.8) is 0 Å². The van der Waals surface area contributed by atoms with Crippen LogP contribution < -0.4 is 16.6 Å². The summed E-state index contributed by atoms with van der Waals surface area (Å²) in [6.07, 6.45) is 1.18. The van der Waals surface area contributed by atoms with E-state index >= 15 is 0 Å². The standard InChI is InChI=1S/C11H16N4O2S/c1-3-11(4-2,10(12)18)13-9(17)7-5-6-8(16)15-14-7/h5-6H,3-4H2,1-2H3,(H2,12,18)(H,13,17)(H,15,16). The van der Waals surface area contributed by atoms with Crippen LogP contribution in [0.2, 0.25) is 0 Å². The topological polar surface area (TPSA) is 101 Å². The second-order valence-corrected chi connectivity index (χ2v) is 4.35.